The molecule has 0 aliphatic carbocycles. The third-order valence-corrected chi connectivity index (χ3v) is 0.976. The van der Waals surface area contributed by atoms with Gasteiger partial charge in [-0.1, -0.05) is 6.92 Å². The second-order valence-electron chi connectivity index (χ2n) is 1.74. The minimum Gasteiger partial charge on any atom is -0.393 e. The van der Waals surface area contributed by atoms with Crippen LogP contribution in [0, 0.1) is 5.92 Å². The van der Waals surface area contributed by atoms with Crippen LogP contribution in [0.5, 0.6) is 0 Å². The number of carbonyl (C=O) groups excluding carboxylic acids is 1. The molecule has 0 aliphatic rings. The van der Waals surface area contributed by atoms with Gasteiger partial charge in [0.2, 0.25) is 0 Å². The highest BCUT2D eigenvalue weighted by Crippen LogP contribution is 1.94. The summed E-state index contributed by atoms with van der Waals surface area (Å²) in [5, 5.41) is 8.59. The zero-order valence-corrected chi connectivity index (χ0v) is 4.59. The quantitative estimate of drug-likeness (QED) is 0.506. The van der Waals surface area contributed by atoms with E-state index in [2.05, 4.69) is 0 Å². The van der Waals surface area contributed by atoms with E-state index in [0.29, 0.717) is 0 Å². The van der Waals surface area contributed by atoms with Gasteiger partial charge in [0.05, 0.1) is 6.10 Å². The number of carbonyl (C=O) groups is 1. The van der Waals surface area contributed by atoms with E-state index in [1.807, 2.05) is 0 Å². The lowest BCUT2D eigenvalue weighted by Crippen LogP contribution is -2.13. The van der Waals surface area contributed by atoms with Crippen LogP contribution in [0.25, 0.3) is 0 Å². The molecule has 42 valence electrons. The van der Waals surface area contributed by atoms with Gasteiger partial charge in [-0.3, -0.25) is 0 Å². The summed E-state index contributed by atoms with van der Waals surface area (Å²) in [5.41, 5.74) is 0. The molecule has 0 spiro atoms. The van der Waals surface area contributed by atoms with Crippen LogP contribution in [0.4, 0.5) is 0 Å². The Morgan fingerprint density at radius 1 is 1.57 bits per heavy atom. The summed E-state index contributed by atoms with van der Waals surface area (Å²) in [6, 6.07) is 0. The molecular weight excluding hydrogens is 92.1 g/mol. The molecule has 7 heavy (non-hydrogen) atoms. The van der Waals surface area contributed by atoms with Gasteiger partial charge in [-0.2, -0.15) is 0 Å². The maximum absolute atomic E-state index is 9.79. The Morgan fingerprint density at radius 2 is 2.00 bits per heavy atom. The maximum Gasteiger partial charge on any atom is 0.125 e. The van der Waals surface area contributed by atoms with Crippen molar-refractivity contribution >= 4 is 6.29 Å². The second kappa shape index (κ2) is 2.75. The van der Waals surface area contributed by atoms with Crippen molar-refractivity contribution in [1.29, 1.82) is 0 Å². The first-order chi connectivity index (χ1) is 3.18. The van der Waals surface area contributed by atoms with Crippen molar-refractivity contribution in [3.05, 3.63) is 0 Å². The topological polar surface area (TPSA) is 37.3 Å². The Kier molecular flexibility index (Phi) is 2.60. The van der Waals surface area contributed by atoms with Gasteiger partial charge in [0, 0.05) is 5.92 Å². The molecule has 0 aromatic heterocycles. The van der Waals surface area contributed by atoms with Crippen LogP contribution in [0.15, 0.2) is 0 Å². The number of hydrogen-bond acceptors (Lipinski definition) is 2. The summed E-state index contributed by atoms with van der Waals surface area (Å²) in [7, 11) is 0. The van der Waals surface area contributed by atoms with E-state index in [9.17, 15) is 4.79 Å². The van der Waals surface area contributed by atoms with Gasteiger partial charge in [-0.05, 0) is 6.92 Å². The summed E-state index contributed by atoms with van der Waals surface area (Å²) in [5.74, 6) is -0.222. The van der Waals surface area contributed by atoms with Gasteiger partial charge < -0.3 is 9.90 Å². The molecule has 0 heterocycles. The highest BCUT2D eigenvalue weighted by molar-refractivity contribution is 5.53. The Morgan fingerprint density at radius 3 is 2.00 bits per heavy atom. The second-order valence-corrected chi connectivity index (χ2v) is 1.74. The zero-order chi connectivity index (χ0) is 5.86. The third kappa shape index (κ3) is 2.34. The standard InChI is InChI=1S/C5H10O2/c1-4(3-6)5(2)7/h3-5,7H,1-2H3/t4-,5+/m0/s1. The van der Waals surface area contributed by atoms with E-state index in [4.69, 9.17) is 5.11 Å². The van der Waals surface area contributed by atoms with Gasteiger partial charge in [0.1, 0.15) is 6.29 Å². The van der Waals surface area contributed by atoms with Crippen LogP contribution >= 0.6 is 0 Å². The van der Waals surface area contributed by atoms with Crippen molar-refractivity contribution in [3.63, 3.8) is 0 Å². The smallest absolute Gasteiger partial charge is 0.125 e. The number of aliphatic hydroxyl groups excluding tert-OH is 1. The molecule has 2 nitrogen and oxygen atoms in total. The Labute approximate surface area is 43.2 Å². The third-order valence-electron chi connectivity index (χ3n) is 0.976. The van der Waals surface area contributed by atoms with Gasteiger partial charge in [-0.15, -0.1) is 0 Å². The Bertz CT molecular complexity index is 59.1. The van der Waals surface area contributed by atoms with E-state index in [1.165, 1.54) is 0 Å². The highest BCUT2D eigenvalue weighted by Gasteiger charge is 2.04. The number of aldehydes is 1. The molecule has 0 aromatic carbocycles. The first-order valence-electron chi connectivity index (χ1n) is 2.32. The number of hydrogen-bond donors (Lipinski definition) is 1. The van der Waals surface area contributed by atoms with Gasteiger partial charge in [-0.25, -0.2) is 0 Å². The molecule has 2 heteroatoms. The molecule has 0 amide bonds. The first-order valence-corrected chi connectivity index (χ1v) is 2.32. The van der Waals surface area contributed by atoms with Crippen molar-refractivity contribution in [1.82, 2.24) is 0 Å². The first kappa shape index (κ1) is 6.63. The Hall–Kier alpha value is -0.370. The molecule has 2 atom stereocenters. The molecule has 0 aromatic rings. The fourth-order valence-electron chi connectivity index (χ4n) is 0.114. The van der Waals surface area contributed by atoms with Crippen molar-refractivity contribution in [2.75, 3.05) is 0 Å². The van der Waals surface area contributed by atoms with E-state index in [1.54, 1.807) is 13.8 Å². The SMILES string of the molecule is C[C@@H](O)[C@@H](C)C=O. The molecule has 0 bridgehead atoms. The normalized spacial score (nSPS) is 18.1. The minimum absolute atomic E-state index is 0.222. The van der Waals surface area contributed by atoms with E-state index in [-0.39, 0.29) is 5.92 Å². The van der Waals surface area contributed by atoms with Gasteiger partial charge >= 0.3 is 0 Å². The van der Waals surface area contributed by atoms with Crippen molar-refractivity contribution in [2.45, 2.75) is 20.0 Å². The van der Waals surface area contributed by atoms with Crippen molar-refractivity contribution in [3.8, 4) is 0 Å². The van der Waals surface area contributed by atoms with Crippen LogP contribution in [0.1, 0.15) is 13.8 Å². The molecule has 0 unspecified atom stereocenters. The summed E-state index contributed by atoms with van der Waals surface area (Å²) in [4.78, 5) is 9.79. The van der Waals surface area contributed by atoms with Crippen LogP contribution < -0.4 is 0 Å². The summed E-state index contributed by atoms with van der Waals surface area (Å²) < 4.78 is 0. The zero-order valence-electron chi connectivity index (χ0n) is 4.59. The summed E-state index contributed by atoms with van der Waals surface area (Å²) >= 11 is 0. The average molecular weight is 102 g/mol. The largest absolute Gasteiger partial charge is 0.393 e. The molecule has 0 rings (SSSR count). The molecule has 0 aliphatic heterocycles. The van der Waals surface area contributed by atoms with Crippen LogP contribution in [-0.4, -0.2) is 17.5 Å². The van der Waals surface area contributed by atoms with E-state index in [0.717, 1.165) is 6.29 Å². The van der Waals surface area contributed by atoms with Gasteiger partial charge in [0.25, 0.3) is 0 Å². The lowest BCUT2D eigenvalue weighted by Gasteiger charge is -2.03. The number of rotatable bonds is 2. The molecule has 0 fully saturated rings. The van der Waals surface area contributed by atoms with Crippen LogP contribution in [0.2, 0.25) is 0 Å². The molecule has 0 saturated heterocycles. The predicted octanol–water partition coefficient (Wildman–Crippen LogP) is 0.202. The van der Waals surface area contributed by atoms with Crippen LogP contribution in [0.3, 0.4) is 0 Å². The Balaban J connectivity index is 3.33. The number of aliphatic hydroxyl groups is 1. The lowest BCUT2D eigenvalue weighted by molar-refractivity contribution is -0.113. The van der Waals surface area contributed by atoms with E-state index >= 15 is 0 Å². The van der Waals surface area contributed by atoms with Crippen molar-refractivity contribution < 1.29 is 9.90 Å². The summed E-state index contributed by atoms with van der Waals surface area (Å²) in [6.07, 6.45) is 0.238. The fourth-order valence-corrected chi connectivity index (χ4v) is 0.114. The minimum atomic E-state index is -0.502. The molecular formula is C5H10O2. The monoisotopic (exact) mass is 102 g/mol. The molecule has 1 N–H and O–H groups in total. The van der Waals surface area contributed by atoms with Gasteiger partial charge in [0.15, 0.2) is 0 Å². The molecule has 0 radical (unpaired) electrons. The van der Waals surface area contributed by atoms with Crippen LogP contribution in [-0.2, 0) is 4.79 Å². The maximum atomic E-state index is 9.79. The van der Waals surface area contributed by atoms with E-state index < -0.39 is 6.10 Å². The lowest BCUT2D eigenvalue weighted by atomic mass is 10.1. The predicted molar refractivity (Wildman–Crippen MR) is 26.9 cm³/mol. The van der Waals surface area contributed by atoms with Crippen molar-refractivity contribution in [2.24, 2.45) is 5.92 Å². The fraction of sp³-hybridized carbons (Fsp3) is 0.800. The highest BCUT2D eigenvalue weighted by atomic mass is 16.3. The summed E-state index contributed by atoms with van der Waals surface area (Å²) in [6.45, 7) is 3.27. The average Bonchev–Trinajstić information content (AvgIpc) is 1.65. The molecule has 0 saturated carbocycles.